The Bertz CT molecular complexity index is 396. The first-order chi connectivity index (χ1) is 8.67. The van der Waals surface area contributed by atoms with Gasteiger partial charge in [-0.25, -0.2) is 0 Å². The lowest BCUT2D eigenvalue weighted by molar-refractivity contribution is 0.353. The number of nitrogens with zero attached hydrogens (tertiary/aromatic N) is 2. The van der Waals surface area contributed by atoms with Gasteiger partial charge in [0, 0.05) is 19.0 Å². The summed E-state index contributed by atoms with van der Waals surface area (Å²) in [6, 6.07) is 0.366. The van der Waals surface area contributed by atoms with E-state index in [9.17, 15) is 0 Å². The largest absolute Gasteiger partial charge is 0.271 e. The third kappa shape index (κ3) is 2.78. The molecule has 1 heterocycles. The first-order valence-corrected chi connectivity index (χ1v) is 7.64. The van der Waals surface area contributed by atoms with Gasteiger partial charge in [0.2, 0.25) is 0 Å². The van der Waals surface area contributed by atoms with Crippen molar-refractivity contribution in [3.05, 3.63) is 15.9 Å². The number of hydrazine groups is 1. The monoisotopic (exact) mass is 314 g/mol. The molecule has 0 bridgehead atoms. The van der Waals surface area contributed by atoms with E-state index in [1.165, 1.54) is 31.4 Å². The average Bonchev–Trinajstić information content (AvgIpc) is 2.98. The molecule has 0 saturated heterocycles. The van der Waals surface area contributed by atoms with Gasteiger partial charge in [0.1, 0.15) is 0 Å². The molecule has 0 aliphatic heterocycles. The van der Waals surface area contributed by atoms with Crippen molar-refractivity contribution in [3.8, 4) is 0 Å². The molecule has 1 aromatic rings. The molecule has 1 aromatic heterocycles. The Kier molecular flexibility index (Phi) is 4.81. The third-order valence-corrected chi connectivity index (χ3v) is 5.08. The number of nitrogens with one attached hydrogen (secondary N) is 1. The van der Waals surface area contributed by atoms with Crippen LogP contribution in [-0.2, 0) is 13.0 Å². The van der Waals surface area contributed by atoms with Crippen molar-refractivity contribution in [1.82, 2.24) is 15.2 Å². The molecule has 0 radical (unpaired) electrons. The minimum Gasteiger partial charge on any atom is -0.271 e. The second kappa shape index (κ2) is 6.17. The van der Waals surface area contributed by atoms with Crippen LogP contribution in [0.5, 0.6) is 0 Å². The predicted molar refractivity (Wildman–Crippen MR) is 77.1 cm³/mol. The van der Waals surface area contributed by atoms with Crippen LogP contribution in [0.4, 0.5) is 0 Å². The summed E-state index contributed by atoms with van der Waals surface area (Å²) < 4.78 is 3.22. The topological polar surface area (TPSA) is 55.9 Å². The van der Waals surface area contributed by atoms with Crippen LogP contribution < -0.4 is 11.3 Å². The van der Waals surface area contributed by atoms with Gasteiger partial charge in [-0.1, -0.05) is 12.8 Å². The van der Waals surface area contributed by atoms with Gasteiger partial charge < -0.3 is 0 Å². The lowest BCUT2D eigenvalue weighted by Gasteiger charge is -2.23. The predicted octanol–water partition coefficient (Wildman–Crippen LogP) is 2.54. The first kappa shape index (κ1) is 14.0. The molecule has 3 N–H and O–H groups in total. The quantitative estimate of drug-likeness (QED) is 0.648. The molecule has 1 unspecified atom stereocenters. The molecule has 0 spiro atoms. The maximum atomic E-state index is 5.75. The molecule has 2 rings (SSSR count). The molecule has 1 fully saturated rings. The van der Waals surface area contributed by atoms with Crippen LogP contribution >= 0.6 is 15.9 Å². The Labute approximate surface area is 117 Å². The van der Waals surface area contributed by atoms with Crippen LogP contribution in [0.2, 0.25) is 0 Å². The van der Waals surface area contributed by atoms with E-state index in [0.29, 0.717) is 12.0 Å². The van der Waals surface area contributed by atoms with Crippen molar-refractivity contribution < 1.29 is 0 Å². The highest BCUT2D eigenvalue weighted by Crippen LogP contribution is 2.31. The van der Waals surface area contributed by atoms with Crippen LogP contribution in [0.25, 0.3) is 0 Å². The molecule has 4 nitrogen and oxygen atoms in total. The molecular formula is C13H23BrN4. The second-order valence-corrected chi connectivity index (χ2v) is 5.98. The number of hydrogen-bond acceptors (Lipinski definition) is 3. The zero-order chi connectivity index (χ0) is 13.1. The smallest absolute Gasteiger partial charge is 0.0738 e. The van der Waals surface area contributed by atoms with E-state index in [4.69, 9.17) is 5.84 Å². The van der Waals surface area contributed by atoms with Gasteiger partial charge in [0.05, 0.1) is 15.9 Å². The number of rotatable bonds is 5. The second-order valence-electron chi connectivity index (χ2n) is 5.18. The summed E-state index contributed by atoms with van der Waals surface area (Å²) in [6.45, 7) is 5.08. The van der Waals surface area contributed by atoms with Crippen molar-refractivity contribution >= 4 is 15.9 Å². The zero-order valence-corrected chi connectivity index (χ0v) is 12.8. The van der Waals surface area contributed by atoms with Crippen molar-refractivity contribution in [3.63, 3.8) is 0 Å². The minimum atomic E-state index is 0.366. The van der Waals surface area contributed by atoms with E-state index in [1.54, 1.807) is 0 Å². The van der Waals surface area contributed by atoms with Crippen LogP contribution in [0.15, 0.2) is 4.47 Å². The SMILES string of the molecule is CCn1nc(C)c(Br)c1CC(NN)C1CCCC1. The van der Waals surface area contributed by atoms with Crippen molar-refractivity contribution in [2.24, 2.45) is 11.8 Å². The van der Waals surface area contributed by atoms with Gasteiger partial charge in [0.15, 0.2) is 0 Å². The Balaban J connectivity index is 2.15. The summed E-state index contributed by atoms with van der Waals surface area (Å²) in [5.74, 6) is 6.46. The van der Waals surface area contributed by atoms with E-state index in [1.807, 2.05) is 6.92 Å². The molecule has 1 saturated carbocycles. The normalized spacial score (nSPS) is 18.4. The van der Waals surface area contributed by atoms with E-state index in [-0.39, 0.29) is 0 Å². The summed E-state index contributed by atoms with van der Waals surface area (Å²) in [5, 5.41) is 4.54. The summed E-state index contributed by atoms with van der Waals surface area (Å²) in [6.07, 6.45) is 6.24. The fourth-order valence-electron chi connectivity index (χ4n) is 2.99. The highest BCUT2D eigenvalue weighted by molar-refractivity contribution is 9.10. The van der Waals surface area contributed by atoms with Gasteiger partial charge >= 0.3 is 0 Å². The maximum Gasteiger partial charge on any atom is 0.0738 e. The Morgan fingerprint density at radius 2 is 2.17 bits per heavy atom. The van der Waals surface area contributed by atoms with Crippen LogP contribution in [-0.4, -0.2) is 15.8 Å². The summed E-state index contributed by atoms with van der Waals surface area (Å²) in [5.41, 5.74) is 5.35. The molecule has 18 heavy (non-hydrogen) atoms. The third-order valence-electron chi connectivity index (χ3n) is 4.05. The molecule has 1 aliphatic carbocycles. The summed E-state index contributed by atoms with van der Waals surface area (Å²) in [4.78, 5) is 0. The fraction of sp³-hybridized carbons (Fsp3) is 0.769. The van der Waals surface area contributed by atoms with Crippen molar-refractivity contribution in [1.29, 1.82) is 0 Å². The number of halogens is 1. The van der Waals surface area contributed by atoms with E-state index in [0.717, 1.165) is 23.1 Å². The number of nitrogens with two attached hydrogens (primary N) is 1. The van der Waals surface area contributed by atoms with Crippen molar-refractivity contribution in [2.75, 3.05) is 0 Å². The van der Waals surface area contributed by atoms with E-state index >= 15 is 0 Å². The molecule has 5 heteroatoms. The Hall–Kier alpha value is -0.390. The first-order valence-electron chi connectivity index (χ1n) is 6.85. The zero-order valence-electron chi connectivity index (χ0n) is 11.2. The van der Waals surface area contributed by atoms with Crippen LogP contribution in [0, 0.1) is 12.8 Å². The van der Waals surface area contributed by atoms with Crippen LogP contribution in [0.3, 0.4) is 0 Å². The fourth-order valence-corrected chi connectivity index (χ4v) is 3.44. The number of aryl methyl sites for hydroxylation is 2. The van der Waals surface area contributed by atoms with E-state index in [2.05, 4.69) is 38.1 Å². The Morgan fingerprint density at radius 1 is 1.50 bits per heavy atom. The molecule has 1 atom stereocenters. The highest BCUT2D eigenvalue weighted by Gasteiger charge is 2.26. The Morgan fingerprint density at radius 3 is 2.72 bits per heavy atom. The average molecular weight is 315 g/mol. The molecule has 1 aliphatic rings. The molecule has 102 valence electrons. The number of hydrogen-bond donors (Lipinski definition) is 2. The van der Waals surface area contributed by atoms with Crippen molar-refractivity contribution in [2.45, 2.75) is 58.5 Å². The van der Waals surface area contributed by atoms with E-state index < -0.39 is 0 Å². The lowest BCUT2D eigenvalue weighted by atomic mass is 9.94. The molecule has 0 amide bonds. The van der Waals surface area contributed by atoms with Gasteiger partial charge in [0.25, 0.3) is 0 Å². The summed E-state index contributed by atoms with van der Waals surface area (Å²) >= 11 is 3.66. The van der Waals surface area contributed by atoms with Gasteiger partial charge in [-0.15, -0.1) is 0 Å². The van der Waals surface area contributed by atoms with Crippen LogP contribution in [0.1, 0.15) is 44.0 Å². The summed E-state index contributed by atoms with van der Waals surface area (Å²) in [7, 11) is 0. The van der Waals surface area contributed by atoms with Gasteiger partial charge in [-0.2, -0.15) is 5.10 Å². The van der Waals surface area contributed by atoms with Gasteiger partial charge in [-0.3, -0.25) is 16.0 Å². The lowest BCUT2D eigenvalue weighted by Crippen LogP contribution is -2.42. The molecule has 0 aromatic carbocycles. The standard InChI is InChI=1S/C13H23BrN4/c1-3-18-12(13(14)9(2)17-18)8-11(16-15)10-6-4-5-7-10/h10-11,16H,3-8,15H2,1-2H3. The van der Waals surface area contributed by atoms with Gasteiger partial charge in [-0.05, 0) is 48.5 Å². The minimum absolute atomic E-state index is 0.366. The highest BCUT2D eigenvalue weighted by atomic mass is 79.9. The molecular weight excluding hydrogens is 292 g/mol. The maximum absolute atomic E-state index is 5.75. The number of aromatic nitrogens is 2.